The minimum Gasteiger partial charge on any atom is -0.508 e. The summed E-state index contributed by atoms with van der Waals surface area (Å²) in [4.78, 5) is 0. The van der Waals surface area contributed by atoms with E-state index in [4.69, 9.17) is 4.74 Å². The summed E-state index contributed by atoms with van der Waals surface area (Å²) in [6, 6.07) is 5.38. The topological polar surface area (TPSA) is 41.5 Å². The van der Waals surface area contributed by atoms with Crippen LogP contribution in [0.4, 0.5) is 5.69 Å². The van der Waals surface area contributed by atoms with Crippen LogP contribution in [0.15, 0.2) is 18.2 Å². The highest BCUT2D eigenvalue weighted by Gasteiger charge is 2.32. The van der Waals surface area contributed by atoms with Crippen LogP contribution in [0.5, 0.6) is 5.75 Å². The molecule has 15 heavy (non-hydrogen) atoms. The van der Waals surface area contributed by atoms with E-state index in [1.54, 1.807) is 12.1 Å². The van der Waals surface area contributed by atoms with Gasteiger partial charge in [-0.15, -0.1) is 0 Å². The summed E-state index contributed by atoms with van der Waals surface area (Å²) in [5.74, 6) is 0.316. The second-order valence-electron chi connectivity index (χ2n) is 4.66. The van der Waals surface area contributed by atoms with Gasteiger partial charge in [0, 0.05) is 17.6 Å². The van der Waals surface area contributed by atoms with Crippen molar-refractivity contribution in [1.82, 2.24) is 0 Å². The third-order valence-corrected chi connectivity index (χ3v) is 2.82. The molecule has 1 saturated heterocycles. The zero-order valence-corrected chi connectivity index (χ0v) is 9.21. The number of rotatable bonds is 3. The maximum absolute atomic E-state index is 9.28. The number of ether oxygens (including phenoxy) is 1. The molecule has 0 bridgehead atoms. The highest BCUT2D eigenvalue weighted by Crippen LogP contribution is 2.28. The van der Waals surface area contributed by atoms with Crippen molar-refractivity contribution in [2.45, 2.75) is 13.8 Å². The molecule has 3 heteroatoms. The largest absolute Gasteiger partial charge is 0.508 e. The average molecular weight is 207 g/mol. The Hall–Kier alpha value is -1.22. The Balaban J connectivity index is 1.98. The van der Waals surface area contributed by atoms with E-state index in [1.165, 1.54) is 0 Å². The van der Waals surface area contributed by atoms with E-state index in [0.717, 1.165) is 31.0 Å². The molecule has 0 radical (unpaired) electrons. The molecule has 1 aliphatic rings. The van der Waals surface area contributed by atoms with Gasteiger partial charge in [-0.1, -0.05) is 6.92 Å². The first-order valence-corrected chi connectivity index (χ1v) is 5.20. The lowest BCUT2D eigenvalue weighted by Crippen LogP contribution is -2.45. The molecular weight excluding hydrogens is 190 g/mol. The summed E-state index contributed by atoms with van der Waals surface area (Å²) in [6.45, 7) is 6.77. The Bertz CT molecular complexity index is 359. The number of phenolic OH excluding ortho intramolecular Hbond substituents is 1. The highest BCUT2D eigenvalue weighted by atomic mass is 16.5. The van der Waals surface area contributed by atoms with Gasteiger partial charge in [0.05, 0.1) is 13.2 Å². The quantitative estimate of drug-likeness (QED) is 0.746. The van der Waals surface area contributed by atoms with Crippen LogP contribution in [0.2, 0.25) is 0 Å². The number of phenols is 1. The number of benzene rings is 1. The van der Waals surface area contributed by atoms with Crippen LogP contribution in [-0.4, -0.2) is 24.9 Å². The van der Waals surface area contributed by atoms with Crippen molar-refractivity contribution in [1.29, 1.82) is 0 Å². The number of anilines is 1. The molecule has 1 fully saturated rings. The van der Waals surface area contributed by atoms with E-state index >= 15 is 0 Å². The first kappa shape index (κ1) is 10.3. The van der Waals surface area contributed by atoms with E-state index < -0.39 is 0 Å². The first-order valence-electron chi connectivity index (χ1n) is 5.20. The molecule has 1 heterocycles. The summed E-state index contributed by atoms with van der Waals surface area (Å²) < 4.78 is 5.20. The molecule has 1 aromatic carbocycles. The Labute approximate surface area is 90.1 Å². The Morgan fingerprint density at radius 2 is 2.20 bits per heavy atom. The minimum atomic E-state index is 0.268. The zero-order valence-electron chi connectivity index (χ0n) is 9.21. The molecule has 0 aromatic heterocycles. The first-order chi connectivity index (χ1) is 7.09. The molecule has 0 saturated carbocycles. The van der Waals surface area contributed by atoms with Crippen molar-refractivity contribution >= 4 is 5.69 Å². The van der Waals surface area contributed by atoms with E-state index in [0.29, 0.717) is 5.75 Å². The number of aryl methyl sites for hydroxylation is 1. The normalized spacial score (nSPS) is 18.3. The van der Waals surface area contributed by atoms with Gasteiger partial charge in [0.1, 0.15) is 5.75 Å². The third kappa shape index (κ3) is 2.23. The molecule has 2 N–H and O–H groups in total. The summed E-state index contributed by atoms with van der Waals surface area (Å²) in [5, 5.41) is 12.7. The summed E-state index contributed by atoms with van der Waals surface area (Å²) in [5.41, 5.74) is 2.42. The second kappa shape index (κ2) is 3.74. The summed E-state index contributed by atoms with van der Waals surface area (Å²) in [7, 11) is 0. The number of hydrogen-bond acceptors (Lipinski definition) is 3. The van der Waals surface area contributed by atoms with Crippen molar-refractivity contribution in [3.05, 3.63) is 23.8 Å². The lowest BCUT2D eigenvalue weighted by molar-refractivity contribution is -0.0924. The lowest BCUT2D eigenvalue weighted by atomic mass is 9.88. The van der Waals surface area contributed by atoms with Gasteiger partial charge in [0.15, 0.2) is 0 Å². The molecule has 3 nitrogen and oxygen atoms in total. The van der Waals surface area contributed by atoms with Crippen LogP contribution in [0.1, 0.15) is 12.5 Å². The fraction of sp³-hybridized carbons (Fsp3) is 0.500. The van der Waals surface area contributed by atoms with Gasteiger partial charge in [-0.2, -0.15) is 0 Å². The van der Waals surface area contributed by atoms with Gasteiger partial charge in [-0.3, -0.25) is 0 Å². The van der Waals surface area contributed by atoms with Gasteiger partial charge >= 0.3 is 0 Å². The van der Waals surface area contributed by atoms with Gasteiger partial charge in [-0.05, 0) is 30.7 Å². The predicted octanol–water partition coefficient (Wildman–Crippen LogP) is 2.15. The smallest absolute Gasteiger partial charge is 0.115 e. The molecule has 0 atom stereocenters. The lowest BCUT2D eigenvalue weighted by Gasteiger charge is -2.38. The Morgan fingerprint density at radius 3 is 2.73 bits per heavy atom. The van der Waals surface area contributed by atoms with Gasteiger partial charge in [-0.25, -0.2) is 0 Å². The monoisotopic (exact) mass is 207 g/mol. The molecule has 1 aromatic rings. The SMILES string of the molecule is Cc1cc(O)ccc1NCC1(C)COC1. The van der Waals surface area contributed by atoms with Crippen LogP contribution in [0.25, 0.3) is 0 Å². The van der Waals surface area contributed by atoms with Crippen molar-refractivity contribution < 1.29 is 9.84 Å². The second-order valence-corrected chi connectivity index (χ2v) is 4.66. The molecular formula is C12H17NO2. The average Bonchev–Trinajstić information content (AvgIpc) is 2.14. The molecule has 2 rings (SSSR count). The van der Waals surface area contributed by atoms with Crippen LogP contribution in [-0.2, 0) is 4.74 Å². The van der Waals surface area contributed by atoms with E-state index in [-0.39, 0.29) is 5.41 Å². The van der Waals surface area contributed by atoms with E-state index in [9.17, 15) is 5.11 Å². The predicted molar refractivity (Wildman–Crippen MR) is 60.3 cm³/mol. The zero-order chi connectivity index (χ0) is 10.9. The maximum atomic E-state index is 9.28. The van der Waals surface area contributed by atoms with Gasteiger partial charge in [0.2, 0.25) is 0 Å². The fourth-order valence-electron chi connectivity index (χ4n) is 1.71. The Morgan fingerprint density at radius 1 is 1.47 bits per heavy atom. The maximum Gasteiger partial charge on any atom is 0.115 e. The summed E-state index contributed by atoms with van der Waals surface area (Å²) >= 11 is 0. The molecule has 0 aliphatic carbocycles. The van der Waals surface area contributed by atoms with Crippen molar-refractivity contribution in [3.63, 3.8) is 0 Å². The van der Waals surface area contributed by atoms with Gasteiger partial charge < -0.3 is 15.2 Å². The van der Waals surface area contributed by atoms with E-state index in [2.05, 4.69) is 12.2 Å². The van der Waals surface area contributed by atoms with Crippen LogP contribution in [0, 0.1) is 12.3 Å². The van der Waals surface area contributed by atoms with Crippen molar-refractivity contribution in [3.8, 4) is 5.75 Å². The van der Waals surface area contributed by atoms with Gasteiger partial charge in [0.25, 0.3) is 0 Å². The Kier molecular flexibility index (Phi) is 2.57. The van der Waals surface area contributed by atoms with Crippen LogP contribution >= 0.6 is 0 Å². The molecule has 1 aliphatic heterocycles. The van der Waals surface area contributed by atoms with Crippen molar-refractivity contribution in [2.24, 2.45) is 5.41 Å². The van der Waals surface area contributed by atoms with Crippen LogP contribution in [0.3, 0.4) is 0 Å². The summed E-state index contributed by atoms with van der Waals surface area (Å²) in [6.07, 6.45) is 0. The number of nitrogens with one attached hydrogen (secondary N) is 1. The molecule has 0 amide bonds. The molecule has 82 valence electrons. The number of aromatic hydroxyl groups is 1. The molecule has 0 unspecified atom stereocenters. The van der Waals surface area contributed by atoms with Crippen LogP contribution < -0.4 is 5.32 Å². The van der Waals surface area contributed by atoms with Crippen molar-refractivity contribution in [2.75, 3.05) is 25.1 Å². The standard InChI is InChI=1S/C12H17NO2/c1-9-5-10(14)3-4-11(9)13-6-12(2)7-15-8-12/h3-5,13-14H,6-8H2,1-2H3. The van der Waals surface area contributed by atoms with E-state index in [1.807, 2.05) is 13.0 Å². The highest BCUT2D eigenvalue weighted by molar-refractivity contribution is 5.53. The molecule has 0 spiro atoms. The third-order valence-electron chi connectivity index (χ3n) is 2.82. The minimum absolute atomic E-state index is 0.268. The number of hydrogen-bond donors (Lipinski definition) is 2. The fourth-order valence-corrected chi connectivity index (χ4v) is 1.71.